The Labute approximate surface area is 104 Å². The van der Waals surface area contributed by atoms with Crippen LogP contribution in [0.4, 0.5) is 5.69 Å². The first kappa shape index (κ1) is 12.5. The Morgan fingerprint density at radius 3 is 2.83 bits per heavy atom. The Kier molecular flexibility index (Phi) is 3.04. The molecule has 0 saturated heterocycles. The van der Waals surface area contributed by atoms with Gasteiger partial charge >= 0.3 is 0 Å². The van der Waals surface area contributed by atoms with Crippen molar-refractivity contribution in [2.75, 3.05) is 0 Å². The van der Waals surface area contributed by atoms with Crippen LogP contribution in [0, 0.1) is 10.1 Å². The SMILES string of the molecule is CC(C)(O)CCn1cc2cc([N+](=O)[O-])ccc2n1. The third-order valence-corrected chi connectivity index (χ3v) is 2.70. The molecule has 0 amide bonds. The van der Waals surface area contributed by atoms with Gasteiger partial charge in [0.05, 0.1) is 16.0 Å². The highest BCUT2D eigenvalue weighted by molar-refractivity contribution is 5.80. The lowest BCUT2D eigenvalue weighted by Crippen LogP contribution is -2.21. The van der Waals surface area contributed by atoms with Gasteiger partial charge in [0.2, 0.25) is 0 Å². The average molecular weight is 249 g/mol. The highest BCUT2D eigenvalue weighted by Gasteiger charge is 2.13. The second kappa shape index (κ2) is 4.38. The molecule has 1 N–H and O–H groups in total. The number of nitro benzene ring substituents is 1. The minimum absolute atomic E-state index is 0.0598. The molecule has 2 aromatic rings. The van der Waals surface area contributed by atoms with E-state index in [4.69, 9.17) is 0 Å². The first-order valence-corrected chi connectivity index (χ1v) is 5.69. The van der Waals surface area contributed by atoms with E-state index in [9.17, 15) is 15.2 Å². The number of nitro groups is 1. The Balaban J connectivity index is 2.24. The lowest BCUT2D eigenvalue weighted by atomic mass is 10.1. The number of benzene rings is 1. The number of hydrogen-bond donors (Lipinski definition) is 1. The molecular weight excluding hydrogens is 234 g/mol. The van der Waals surface area contributed by atoms with Gasteiger partial charge < -0.3 is 5.11 Å². The van der Waals surface area contributed by atoms with Crippen LogP contribution >= 0.6 is 0 Å². The van der Waals surface area contributed by atoms with Crippen LogP contribution < -0.4 is 0 Å². The Bertz CT molecular complexity index is 584. The molecule has 0 saturated carbocycles. The van der Waals surface area contributed by atoms with Gasteiger partial charge in [-0.2, -0.15) is 5.10 Å². The number of aromatic nitrogens is 2. The van der Waals surface area contributed by atoms with Crippen LogP contribution in [0.15, 0.2) is 24.4 Å². The topological polar surface area (TPSA) is 81.2 Å². The van der Waals surface area contributed by atoms with Crippen molar-refractivity contribution in [2.24, 2.45) is 0 Å². The molecule has 0 atom stereocenters. The third kappa shape index (κ3) is 2.84. The van der Waals surface area contributed by atoms with E-state index in [2.05, 4.69) is 5.10 Å². The predicted molar refractivity (Wildman–Crippen MR) is 67.3 cm³/mol. The van der Waals surface area contributed by atoms with Crippen molar-refractivity contribution in [3.05, 3.63) is 34.5 Å². The van der Waals surface area contributed by atoms with Crippen LogP contribution in [0.25, 0.3) is 10.9 Å². The van der Waals surface area contributed by atoms with Crippen molar-refractivity contribution in [1.29, 1.82) is 0 Å². The van der Waals surface area contributed by atoms with Gasteiger partial charge in [-0.3, -0.25) is 14.8 Å². The van der Waals surface area contributed by atoms with Crippen LogP contribution in [-0.4, -0.2) is 25.4 Å². The second-order valence-corrected chi connectivity index (χ2v) is 4.95. The molecule has 1 aromatic carbocycles. The van der Waals surface area contributed by atoms with E-state index in [1.54, 1.807) is 30.8 Å². The van der Waals surface area contributed by atoms with Crippen molar-refractivity contribution in [3.8, 4) is 0 Å². The van der Waals surface area contributed by atoms with Gasteiger partial charge in [-0.1, -0.05) is 0 Å². The average Bonchev–Trinajstić information content (AvgIpc) is 2.66. The van der Waals surface area contributed by atoms with Crippen LogP contribution in [0.3, 0.4) is 0 Å². The summed E-state index contributed by atoms with van der Waals surface area (Å²) in [6.45, 7) is 4.05. The third-order valence-electron chi connectivity index (χ3n) is 2.70. The van der Waals surface area contributed by atoms with E-state index < -0.39 is 10.5 Å². The van der Waals surface area contributed by atoms with Crippen molar-refractivity contribution < 1.29 is 10.0 Å². The van der Waals surface area contributed by atoms with Crippen LogP contribution in [0.1, 0.15) is 20.3 Å². The summed E-state index contributed by atoms with van der Waals surface area (Å²) in [5.74, 6) is 0. The van der Waals surface area contributed by atoms with Crippen molar-refractivity contribution in [1.82, 2.24) is 9.78 Å². The fraction of sp³-hybridized carbons (Fsp3) is 0.417. The number of aryl methyl sites for hydroxylation is 1. The summed E-state index contributed by atoms with van der Waals surface area (Å²) in [4.78, 5) is 10.2. The van der Waals surface area contributed by atoms with E-state index in [1.165, 1.54) is 12.1 Å². The van der Waals surface area contributed by atoms with E-state index in [0.29, 0.717) is 13.0 Å². The molecule has 6 nitrogen and oxygen atoms in total. The zero-order valence-corrected chi connectivity index (χ0v) is 10.3. The number of non-ortho nitro benzene ring substituents is 1. The molecule has 6 heteroatoms. The lowest BCUT2D eigenvalue weighted by Gasteiger charge is -2.16. The standard InChI is InChI=1S/C12H15N3O3/c1-12(2,16)5-6-14-8-9-7-10(15(17)18)3-4-11(9)13-14/h3-4,7-8,16H,5-6H2,1-2H3. The summed E-state index contributed by atoms with van der Waals surface area (Å²) < 4.78 is 1.70. The molecule has 0 radical (unpaired) electrons. The van der Waals surface area contributed by atoms with Gasteiger partial charge in [0, 0.05) is 30.3 Å². The zero-order valence-electron chi connectivity index (χ0n) is 10.3. The van der Waals surface area contributed by atoms with Gasteiger partial charge in [-0.15, -0.1) is 0 Å². The lowest BCUT2D eigenvalue weighted by molar-refractivity contribution is -0.384. The van der Waals surface area contributed by atoms with Gasteiger partial charge in [0.15, 0.2) is 0 Å². The van der Waals surface area contributed by atoms with E-state index in [-0.39, 0.29) is 5.69 Å². The van der Waals surface area contributed by atoms with Crippen LogP contribution in [0.5, 0.6) is 0 Å². The number of fused-ring (bicyclic) bond motifs is 1. The molecule has 0 aliphatic carbocycles. The summed E-state index contributed by atoms with van der Waals surface area (Å²) in [7, 11) is 0. The molecule has 0 bridgehead atoms. The van der Waals surface area contributed by atoms with E-state index in [0.717, 1.165) is 10.9 Å². The fourth-order valence-electron chi connectivity index (χ4n) is 1.68. The largest absolute Gasteiger partial charge is 0.390 e. The number of hydrogen-bond acceptors (Lipinski definition) is 4. The summed E-state index contributed by atoms with van der Waals surface area (Å²) in [6, 6.07) is 4.58. The van der Waals surface area contributed by atoms with E-state index >= 15 is 0 Å². The van der Waals surface area contributed by atoms with Gasteiger partial charge in [0.1, 0.15) is 0 Å². The Morgan fingerprint density at radius 1 is 1.50 bits per heavy atom. The molecule has 18 heavy (non-hydrogen) atoms. The smallest absolute Gasteiger partial charge is 0.270 e. The minimum Gasteiger partial charge on any atom is -0.390 e. The molecule has 0 aliphatic rings. The highest BCUT2D eigenvalue weighted by Crippen LogP contribution is 2.20. The maximum absolute atomic E-state index is 10.7. The molecule has 96 valence electrons. The highest BCUT2D eigenvalue weighted by atomic mass is 16.6. The summed E-state index contributed by atoms with van der Waals surface area (Å²) in [5, 5.41) is 25.3. The number of nitrogens with zero attached hydrogens (tertiary/aromatic N) is 3. The molecule has 0 fully saturated rings. The van der Waals surface area contributed by atoms with Gasteiger partial charge in [-0.05, 0) is 26.3 Å². The van der Waals surface area contributed by atoms with Crippen LogP contribution in [0.2, 0.25) is 0 Å². The van der Waals surface area contributed by atoms with Gasteiger partial charge in [0.25, 0.3) is 5.69 Å². The predicted octanol–water partition coefficient (Wildman–Crippen LogP) is 2.11. The molecular formula is C12H15N3O3. The van der Waals surface area contributed by atoms with Crippen LogP contribution in [-0.2, 0) is 6.54 Å². The normalized spacial score (nSPS) is 11.9. The second-order valence-electron chi connectivity index (χ2n) is 4.95. The van der Waals surface area contributed by atoms with Crippen molar-refractivity contribution in [2.45, 2.75) is 32.4 Å². The molecule has 0 aliphatic heterocycles. The number of rotatable bonds is 4. The Morgan fingerprint density at radius 2 is 2.22 bits per heavy atom. The summed E-state index contributed by atoms with van der Waals surface area (Å²) >= 11 is 0. The maximum Gasteiger partial charge on any atom is 0.270 e. The molecule has 0 unspecified atom stereocenters. The monoisotopic (exact) mass is 249 g/mol. The van der Waals surface area contributed by atoms with Crippen molar-refractivity contribution in [3.63, 3.8) is 0 Å². The first-order valence-electron chi connectivity index (χ1n) is 5.69. The molecule has 0 spiro atoms. The van der Waals surface area contributed by atoms with Crippen molar-refractivity contribution >= 4 is 16.6 Å². The maximum atomic E-state index is 10.7. The zero-order chi connectivity index (χ0) is 13.3. The fourth-order valence-corrected chi connectivity index (χ4v) is 1.68. The first-order chi connectivity index (χ1) is 8.35. The molecule has 1 heterocycles. The molecule has 2 rings (SSSR count). The quantitative estimate of drug-likeness (QED) is 0.664. The summed E-state index contributed by atoms with van der Waals surface area (Å²) in [5.41, 5.74) is 0.0327. The summed E-state index contributed by atoms with van der Waals surface area (Å²) in [6.07, 6.45) is 2.33. The minimum atomic E-state index is -0.746. The van der Waals surface area contributed by atoms with Gasteiger partial charge in [-0.25, -0.2) is 0 Å². The van der Waals surface area contributed by atoms with E-state index in [1.807, 2.05) is 0 Å². The molecule has 1 aromatic heterocycles. The number of aliphatic hydroxyl groups is 1. The Hall–Kier alpha value is -1.95.